The summed E-state index contributed by atoms with van der Waals surface area (Å²) < 4.78 is 17.1. The van der Waals surface area contributed by atoms with Crippen molar-refractivity contribution in [3.63, 3.8) is 0 Å². The van der Waals surface area contributed by atoms with E-state index in [1.807, 2.05) is 30.3 Å². The van der Waals surface area contributed by atoms with Crippen molar-refractivity contribution in [3.8, 4) is 17.2 Å². The largest absolute Gasteiger partial charge is 0.489 e. The second-order valence-electron chi connectivity index (χ2n) is 6.72. The molecule has 0 aliphatic carbocycles. The average Bonchev–Trinajstić information content (AvgIpc) is 2.77. The monoisotopic (exact) mass is 440 g/mol. The quantitative estimate of drug-likeness (QED) is 0.322. The summed E-state index contributed by atoms with van der Waals surface area (Å²) >= 11 is 12.0. The molecule has 1 aromatic heterocycles. The van der Waals surface area contributed by atoms with Crippen LogP contribution in [0.3, 0.4) is 0 Å². The van der Waals surface area contributed by atoms with Crippen LogP contribution in [0.4, 0.5) is 0 Å². The van der Waals surface area contributed by atoms with Gasteiger partial charge in [0.1, 0.15) is 30.0 Å². The molecule has 152 valence electrons. The van der Waals surface area contributed by atoms with Gasteiger partial charge >= 0.3 is 0 Å². The molecule has 0 spiro atoms. The molecule has 0 aliphatic rings. The fourth-order valence-electron chi connectivity index (χ4n) is 2.97. The van der Waals surface area contributed by atoms with Crippen LogP contribution in [0.15, 0.2) is 76.1 Å². The van der Waals surface area contributed by atoms with Crippen LogP contribution in [0.25, 0.3) is 11.0 Å². The second kappa shape index (κ2) is 8.82. The minimum atomic E-state index is -0.244. The molecule has 4 rings (SSSR count). The lowest BCUT2D eigenvalue weighted by atomic mass is 10.2. The van der Waals surface area contributed by atoms with Gasteiger partial charge in [0.15, 0.2) is 0 Å². The zero-order valence-corrected chi connectivity index (χ0v) is 17.7. The van der Waals surface area contributed by atoms with Crippen LogP contribution in [-0.4, -0.2) is 0 Å². The molecule has 3 aromatic carbocycles. The van der Waals surface area contributed by atoms with Crippen LogP contribution in [-0.2, 0) is 13.0 Å². The number of rotatable bonds is 6. The van der Waals surface area contributed by atoms with Gasteiger partial charge in [-0.2, -0.15) is 0 Å². The van der Waals surface area contributed by atoms with E-state index in [0.29, 0.717) is 39.1 Å². The Morgan fingerprint density at radius 3 is 2.33 bits per heavy atom. The van der Waals surface area contributed by atoms with Gasteiger partial charge in [0.2, 0.25) is 11.2 Å². The molecule has 0 fully saturated rings. The van der Waals surface area contributed by atoms with Crippen molar-refractivity contribution in [2.24, 2.45) is 0 Å². The standard InChI is InChI=1S/C24H18Cl2O4/c1-2-15-3-6-17(7-4-15)30-23-14-29-22-12-18(8-9-19(22)24(23)27)28-13-16-5-10-20(25)21(26)11-16/h3-12,14H,2,13H2,1H3. The number of benzene rings is 3. The third-order valence-corrected chi connectivity index (χ3v) is 5.40. The van der Waals surface area contributed by atoms with Gasteiger partial charge in [-0.05, 0) is 53.9 Å². The van der Waals surface area contributed by atoms with Gasteiger partial charge < -0.3 is 13.9 Å². The molecule has 0 saturated carbocycles. The first kappa shape index (κ1) is 20.3. The summed E-state index contributed by atoms with van der Waals surface area (Å²) in [5, 5.41) is 1.38. The van der Waals surface area contributed by atoms with Gasteiger partial charge in [0.05, 0.1) is 15.4 Å². The third kappa shape index (κ3) is 4.45. The van der Waals surface area contributed by atoms with Crippen molar-refractivity contribution >= 4 is 34.2 Å². The summed E-state index contributed by atoms with van der Waals surface area (Å²) in [5.74, 6) is 1.29. The van der Waals surface area contributed by atoms with E-state index in [1.54, 1.807) is 30.3 Å². The van der Waals surface area contributed by atoms with Gasteiger partial charge in [-0.3, -0.25) is 4.79 Å². The number of hydrogen-bond acceptors (Lipinski definition) is 4. The van der Waals surface area contributed by atoms with Crippen LogP contribution in [0.2, 0.25) is 10.0 Å². The minimum absolute atomic E-state index is 0.135. The normalized spacial score (nSPS) is 10.9. The summed E-state index contributed by atoms with van der Waals surface area (Å²) in [6.07, 6.45) is 2.26. The zero-order chi connectivity index (χ0) is 21.1. The van der Waals surface area contributed by atoms with E-state index in [1.165, 1.54) is 11.8 Å². The Balaban J connectivity index is 1.52. The molecule has 0 aliphatic heterocycles. The van der Waals surface area contributed by atoms with E-state index in [4.69, 9.17) is 37.1 Å². The molecule has 0 atom stereocenters. The third-order valence-electron chi connectivity index (χ3n) is 4.66. The smallest absolute Gasteiger partial charge is 0.235 e. The highest BCUT2D eigenvalue weighted by Crippen LogP contribution is 2.26. The Kier molecular flexibility index (Phi) is 5.98. The summed E-state index contributed by atoms with van der Waals surface area (Å²) in [6.45, 7) is 2.39. The molecule has 30 heavy (non-hydrogen) atoms. The van der Waals surface area contributed by atoms with Gasteiger partial charge in [0.25, 0.3) is 0 Å². The van der Waals surface area contributed by atoms with Crippen LogP contribution in [0.5, 0.6) is 17.2 Å². The second-order valence-corrected chi connectivity index (χ2v) is 7.54. The predicted molar refractivity (Wildman–Crippen MR) is 119 cm³/mol. The first-order chi connectivity index (χ1) is 14.5. The zero-order valence-electron chi connectivity index (χ0n) is 16.2. The van der Waals surface area contributed by atoms with E-state index >= 15 is 0 Å². The van der Waals surface area contributed by atoms with Gasteiger partial charge in [-0.1, -0.05) is 48.3 Å². The molecule has 6 heteroatoms. The maximum absolute atomic E-state index is 12.8. The Morgan fingerprint density at radius 1 is 0.867 bits per heavy atom. The average molecular weight is 441 g/mol. The Bertz CT molecular complexity index is 1250. The number of fused-ring (bicyclic) bond motifs is 1. The minimum Gasteiger partial charge on any atom is -0.489 e. The topological polar surface area (TPSA) is 48.7 Å². The molecular formula is C24H18Cl2O4. The number of ether oxygens (including phenoxy) is 2. The van der Waals surface area contributed by atoms with E-state index in [-0.39, 0.29) is 11.2 Å². The fourth-order valence-corrected chi connectivity index (χ4v) is 3.29. The molecule has 0 N–H and O–H groups in total. The number of hydrogen-bond donors (Lipinski definition) is 0. The van der Waals surface area contributed by atoms with Crippen molar-refractivity contribution in [2.75, 3.05) is 0 Å². The molecule has 0 radical (unpaired) electrons. The lowest BCUT2D eigenvalue weighted by Crippen LogP contribution is -2.05. The van der Waals surface area contributed by atoms with Crippen LogP contribution in [0, 0.1) is 0 Å². The summed E-state index contributed by atoms with van der Waals surface area (Å²) in [4.78, 5) is 12.8. The first-order valence-electron chi connectivity index (χ1n) is 9.42. The van der Waals surface area contributed by atoms with Crippen molar-refractivity contribution < 1.29 is 13.9 Å². The maximum atomic E-state index is 12.8. The van der Waals surface area contributed by atoms with E-state index in [2.05, 4.69) is 6.92 Å². The lowest BCUT2D eigenvalue weighted by molar-refractivity contribution is 0.306. The van der Waals surface area contributed by atoms with Gasteiger partial charge in [-0.15, -0.1) is 0 Å². The number of aryl methyl sites for hydroxylation is 1. The number of halogens is 2. The highest BCUT2D eigenvalue weighted by atomic mass is 35.5. The van der Waals surface area contributed by atoms with Crippen molar-refractivity contribution in [1.29, 1.82) is 0 Å². The summed E-state index contributed by atoms with van der Waals surface area (Å²) in [6, 6.07) is 18.0. The van der Waals surface area contributed by atoms with E-state index in [9.17, 15) is 4.79 Å². The molecule has 4 nitrogen and oxygen atoms in total. The van der Waals surface area contributed by atoms with Crippen LogP contribution in [0.1, 0.15) is 18.1 Å². The molecule has 4 aromatic rings. The molecule has 0 bridgehead atoms. The SMILES string of the molecule is CCc1ccc(Oc2coc3cc(OCc4ccc(Cl)c(Cl)c4)ccc3c2=O)cc1. The molecule has 0 saturated heterocycles. The first-order valence-corrected chi connectivity index (χ1v) is 10.2. The summed E-state index contributed by atoms with van der Waals surface area (Å²) in [7, 11) is 0. The molecule has 1 heterocycles. The maximum Gasteiger partial charge on any atom is 0.235 e. The van der Waals surface area contributed by atoms with Crippen molar-refractivity contribution in [1.82, 2.24) is 0 Å². The Labute approximate surface area is 183 Å². The molecular weight excluding hydrogens is 423 g/mol. The summed E-state index contributed by atoms with van der Waals surface area (Å²) in [5.41, 5.74) is 2.25. The van der Waals surface area contributed by atoms with Gasteiger partial charge in [-0.25, -0.2) is 0 Å². The lowest BCUT2D eigenvalue weighted by Gasteiger charge is -2.09. The molecule has 0 amide bonds. The van der Waals surface area contributed by atoms with E-state index < -0.39 is 0 Å². The predicted octanol–water partition coefficient (Wildman–Crippen LogP) is 7.03. The van der Waals surface area contributed by atoms with Crippen molar-refractivity contribution in [3.05, 3.63) is 98.3 Å². The Hall–Kier alpha value is -2.95. The highest BCUT2D eigenvalue weighted by Gasteiger charge is 2.11. The van der Waals surface area contributed by atoms with Crippen LogP contribution >= 0.6 is 23.2 Å². The van der Waals surface area contributed by atoms with Crippen LogP contribution < -0.4 is 14.9 Å². The van der Waals surface area contributed by atoms with Gasteiger partial charge in [0, 0.05) is 6.07 Å². The highest BCUT2D eigenvalue weighted by molar-refractivity contribution is 6.42. The fraction of sp³-hybridized carbons (Fsp3) is 0.125. The molecule has 0 unspecified atom stereocenters. The Morgan fingerprint density at radius 2 is 1.60 bits per heavy atom. The van der Waals surface area contributed by atoms with Crippen molar-refractivity contribution in [2.45, 2.75) is 20.0 Å². The van der Waals surface area contributed by atoms with E-state index in [0.717, 1.165) is 12.0 Å².